The van der Waals surface area contributed by atoms with Crippen LogP contribution in [0, 0.1) is 12.3 Å². The summed E-state index contributed by atoms with van der Waals surface area (Å²) in [6, 6.07) is 6.65. The molecule has 0 atom stereocenters. The number of likely N-dealkylation sites (N-methyl/N-ethyl adjacent to an activating group) is 1. The molecule has 0 saturated heterocycles. The Morgan fingerprint density at radius 3 is 2.55 bits per heavy atom. The molecule has 1 spiro atoms. The summed E-state index contributed by atoms with van der Waals surface area (Å²) < 4.78 is 5.65. The Bertz CT molecular complexity index is 482. The highest BCUT2D eigenvalue weighted by atomic mass is 16.5. The average Bonchev–Trinajstić information content (AvgIpc) is 2.36. The van der Waals surface area contributed by atoms with Crippen molar-refractivity contribution in [1.82, 2.24) is 5.32 Å². The molecule has 1 N–H and O–H groups in total. The molecule has 20 heavy (non-hydrogen) atoms. The van der Waals surface area contributed by atoms with Crippen molar-refractivity contribution in [2.24, 2.45) is 5.41 Å². The smallest absolute Gasteiger partial charge is 0.122 e. The summed E-state index contributed by atoms with van der Waals surface area (Å²) in [7, 11) is 1.80. The van der Waals surface area contributed by atoms with Gasteiger partial charge >= 0.3 is 0 Å². The van der Waals surface area contributed by atoms with Crippen LogP contribution in [-0.2, 0) is 5.41 Å². The molecule has 0 radical (unpaired) electrons. The molecule has 0 aromatic heterocycles. The van der Waals surface area contributed by atoms with E-state index in [2.05, 4.69) is 37.4 Å². The fraction of sp³-hybridized carbons (Fsp3) is 0.667. The lowest BCUT2D eigenvalue weighted by Crippen LogP contribution is -2.57. The zero-order valence-electron chi connectivity index (χ0n) is 13.1. The van der Waals surface area contributed by atoms with E-state index in [1.54, 1.807) is 7.11 Å². The van der Waals surface area contributed by atoms with Crippen molar-refractivity contribution in [3.63, 3.8) is 0 Å². The highest BCUT2D eigenvalue weighted by molar-refractivity contribution is 5.45. The second kappa shape index (κ2) is 5.07. The van der Waals surface area contributed by atoms with Crippen LogP contribution in [-0.4, -0.2) is 20.2 Å². The van der Waals surface area contributed by atoms with Gasteiger partial charge in [0.25, 0.3) is 0 Å². The second-order valence-electron chi connectivity index (χ2n) is 6.97. The van der Waals surface area contributed by atoms with Gasteiger partial charge in [0.05, 0.1) is 7.11 Å². The first kappa shape index (κ1) is 13.9. The molecule has 2 heteroatoms. The van der Waals surface area contributed by atoms with Crippen LogP contribution in [0.4, 0.5) is 0 Å². The molecule has 3 rings (SSSR count). The summed E-state index contributed by atoms with van der Waals surface area (Å²) in [6.45, 7) is 6.51. The Morgan fingerprint density at radius 1 is 1.25 bits per heavy atom. The van der Waals surface area contributed by atoms with Gasteiger partial charge in [0.2, 0.25) is 0 Å². The maximum atomic E-state index is 5.65. The fourth-order valence-corrected chi connectivity index (χ4v) is 4.43. The van der Waals surface area contributed by atoms with Gasteiger partial charge in [-0.15, -0.1) is 0 Å². The quantitative estimate of drug-likeness (QED) is 0.880. The van der Waals surface area contributed by atoms with Crippen molar-refractivity contribution in [2.75, 3.05) is 20.2 Å². The van der Waals surface area contributed by atoms with Crippen LogP contribution in [0.15, 0.2) is 18.2 Å². The molecule has 2 nitrogen and oxygen atoms in total. The van der Waals surface area contributed by atoms with Crippen LogP contribution in [0.2, 0.25) is 0 Å². The van der Waals surface area contributed by atoms with E-state index in [0.717, 1.165) is 18.8 Å². The number of hydrogen-bond acceptors (Lipinski definition) is 2. The van der Waals surface area contributed by atoms with E-state index in [4.69, 9.17) is 4.74 Å². The largest absolute Gasteiger partial charge is 0.496 e. The second-order valence-corrected chi connectivity index (χ2v) is 6.97. The van der Waals surface area contributed by atoms with Crippen LogP contribution in [0.25, 0.3) is 0 Å². The van der Waals surface area contributed by atoms with Crippen molar-refractivity contribution in [2.45, 2.75) is 51.4 Å². The van der Waals surface area contributed by atoms with Gasteiger partial charge in [0.1, 0.15) is 5.75 Å². The van der Waals surface area contributed by atoms with E-state index >= 15 is 0 Å². The minimum Gasteiger partial charge on any atom is -0.496 e. The lowest BCUT2D eigenvalue weighted by Gasteiger charge is -2.62. The molecule has 2 saturated carbocycles. The summed E-state index contributed by atoms with van der Waals surface area (Å²) in [5, 5.41) is 3.59. The maximum Gasteiger partial charge on any atom is 0.122 e. The molecule has 0 unspecified atom stereocenters. The number of methoxy groups -OCH3 is 1. The van der Waals surface area contributed by atoms with Crippen molar-refractivity contribution in [3.8, 4) is 5.75 Å². The Hall–Kier alpha value is -1.02. The van der Waals surface area contributed by atoms with Crippen molar-refractivity contribution < 1.29 is 4.74 Å². The van der Waals surface area contributed by atoms with Gasteiger partial charge < -0.3 is 10.1 Å². The summed E-state index contributed by atoms with van der Waals surface area (Å²) >= 11 is 0. The van der Waals surface area contributed by atoms with Crippen molar-refractivity contribution in [3.05, 3.63) is 29.3 Å². The predicted octanol–water partition coefficient (Wildman–Crippen LogP) is 3.82. The molecule has 0 aliphatic heterocycles. The predicted molar refractivity (Wildman–Crippen MR) is 83.5 cm³/mol. The Labute approximate surface area is 122 Å². The highest BCUT2D eigenvalue weighted by Crippen LogP contribution is 2.65. The van der Waals surface area contributed by atoms with Crippen molar-refractivity contribution in [1.29, 1.82) is 0 Å². The lowest BCUT2D eigenvalue weighted by atomic mass is 9.43. The van der Waals surface area contributed by atoms with E-state index < -0.39 is 0 Å². The zero-order valence-corrected chi connectivity index (χ0v) is 13.1. The average molecular weight is 273 g/mol. The molecule has 0 heterocycles. The van der Waals surface area contributed by atoms with E-state index in [0.29, 0.717) is 10.8 Å². The number of benzene rings is 1. The van der Waals surface area contributed by atoms with Gasteiger partial charge in [-0.05, 0) is 50.6 Å². The van der Waals surface area contributed by atoms with Crippen LogP contribution >= 0.6 is 0 Å². The minimum absolute atomic E-state index is 0.299. The monoisotopic (exact) mass is 273 g/mol. The third-order valence-corrected chi connectivity index (χ3v) is 5.48. The van der Waals surface area contributed by atoms with E-state index in [-0.39, 0.29) is 0 Å². The molecular weight excluding hydrogens is 246 g/mol. The first-order chi connectivity index (χ1) is 9.63. The minimum atomic E-state index is 0.299. The highest BCUT2D eigenvalue weighted by Gasteiger charge is 2.57. The molecule has 110 valence electrons. The fourth-order valence-electron chi connectivity index (χ4n) is 4.43. The van der Waals surface area contributed by atoms with Gasteiger partial charge in [-0.2, -0.15) is 0 Å². The summed E-state index contributed by atoms with van der Waals surface area (Å²) in [6.07, 6.45) is 6.99. The molecule has 1 aromatic carbocycles. The van der Waals surface area contributed by atoms with E-state index in [9.17, 15) is 0 Å². The molecule has 0 bridgehead atoms. The van der Waals surface area contributed by atoms with Gasteiger partial charge in [-0.25, -0.2) is 0 Å². The molecular formula is C18H27NO. The standard InChI is InChI=1S/C18H27NO/c1-4-19-13-18(11-17(12-18)8-5-9-17)15-10-14(2)6-7-16(15)20-3/h6-7,10,19H,4-5,8-9,11-13H2,1-3H3. The summed E-state index contributed by atoms with van der Waals surface area (Å²) in [5.74, 6) is 1.07. The maximum absolute atomic E-state index is 5.65. The third kappa shape index (κ3) is 2.14. The first-order valence-corrected chi connectivity index (χ1v) is 7.99. The van der Waals surface area contributed by atoms with Gasteiger partial charge in [-0.1, -0.05) is 31.0 Å². The molecule has 1 aromatic rings. The SMILES string of the molecule is CCNCC1(c2cc(C)ccc2OC)CC2(CCC2)C1. The van der Waals surface area contributed by atoms with Crippen LogP contribution in [0.3, 0.4) is 0 Å². The Morgan fingerprint density at radius 2 is 2.00 bits per heavy atom. The van der Waals surface area contributed by atoms with Crippen LogP contribution in [0.1, 0.15) is 50.2 Å². The Kier molecular flexibility index (Phi) is 3.53. The number of nitrogens with one attached hydrogen (secondary N) is 1. The number of aryl methyl sites for hydroxylation is 1. The van der Waals surface area contributed by atoms with Crippen LogP contribution in [0.5, 0.6) is 5.75 Å². The molecule has 2 fully saturated rings. The van der Waals surface area contributed by atoms with E-state index in [1.807, 2.05) is 0 Å². The lowest BCUT2D eigenvalue weighted by molar-refractivity contribution is -0.0489. The number of hydrogen-bond donors (Lipinski definition) is 1. The van der Waals surface area contributed by atoms with Gasteiger partial charge in [0.15, 0.2) is 0 Å². The molecule has 2 aliphatic rings. The zero-order chi connectivity index (χ0) is 14.2. The normalized spacial score (nSPS) is 22.1. The number of ether oxygens (including phenoxy) is 1. The summed E-state index contributed by atoms with van der Waals surface area (Å²) in [4.78, 5) is 0. The third-order valence-electron chi connectivity index (χ3n) is 5.48. The Balaban J connectivity index is 1.91. The first-order valence-electron chi connectivity index (χ1n) is 7.99. The molecule has 0 amide bonds. The van der Waals surface area contributed by atoms with Crippen molar-refractivity contribution >= 4 is 0 Å². The van der Waals surface area contributed by atoms with Gasteiger partial charge in [0, 0.05) is 17.5 Å². The van der Waals surface area contributed by atoms with Gasteiger partial charge in [-0.3, -0.25) is 0 Å². The summed E-state index contributed by atoms with van der Waals surface area (Å²) in [5.41, 5.74) is 3.74. The van der Waals surface area contributed by atoms with Crippen LogP contribution < -0.4 is 10.1 Å². The number of rotatable bonds is 5. The topological polar surface area (TPSA) is 21.3 Å². The molecule has 2 aliphatic carbocycles. The van der Waals surface area contributed by atoms with E-state index in [1.165, 1.54) is 43.2 Å².